The highest BCUT2D eigenvalue weighted by atomic mass is 32.2. The number of carbonyl (C=O) groups excluding carboxylic acids is 2. The molecule has 3 aromatic carbocycles. The van der Waals surface area contributed by atoms with Crippen LogP contribution in [0.4, 0.5) is 10.5 Å². The molecule has 3 heterocycles. The number of rotatable bonds is 7. The SMILES string of the molecule is O=C(NCc1cnc(-c2ccc(OCC3CN(C(=O)O)C3)cc2)s1)c1ccc2c(c1)NC(=O)c1ccccc1S2(=O)=O. The number of hydrogen-bond acceptors (Lipinski definition) is 8. The molecule has 2 aliphatic rings. The molecule has 0 unspecified atom stereocenters. The Morgan fingerprint density at radius 2 is 1.83 bits per heavy atom. The fourth-order valence-electron chi connectivity index (χ4n) is 4.73. The minimum absolute atomic E-state index is 0.0468. The summed E-state index contributed by atoms with van der Waals surface area (Å²) in [6.07, 6.45) is 0.766. The molecule has 4 aromatic rings. The van der Waals surface area contributed by atoms with Crippen LogP contribution >= 0.6 is 11.3 Å². The maximum absolute atomic E-state index is 13.2. The molecule has 6 rings (SSSR count). The number of carboxylic acid groups (broad SMARTS) is 1. The number of likely N-dealkylation sites (tertiary alicyclic amines) is 1. The number of nitrogens with zero attached hydrogens (tertiary/aromatic N) is 2. The lowest BCUT2D eigenvalue weighted by atomic mass is 10.0. The zero-order chi connectivity index (χ0) is 29.4. The van der Waals surface area contributed by atoms with Gasteiger partial charge in [0.1, 0.15) is 10.8 Å². The summed E-state index contributed by atoms with van der Waals surface area (Å²) in [5.74, 6) is -0.120. The minimum atomic E-state index is -3.96. The Bertz CT molecular complexity index is 1810. The van der Waals surface area contributed by atoms with Crippen molar-refractivity contribution < 1.29 is 32.6 Å². The summed E-state index contributed by atoms with van der Waals surface area (Å²) in [5, 5.41) is 15.1. The number of nitrogens with one attached hydrogen (secondary N) is 2. The topological polar surface area (TPSA) is 155 Å². The van der Waals surface area contributed by atoms with Gasteiger partial charge in [-0.3, -0.25) is 9.59 Å². The van der Waals surface area contributed by atoms with Gasteiger partial charge in [-0.1, -0.05) is 12.1 Å². The van der Waals surface area contributed by atoms with E-state index >= 15 is 0 Å². The van der Waals surface area contributed by atoms with Crippen LogP contribution in [-0.4, -0.2) is 61.0 Å². The number of aromatic nitrogens is 1. The fraction of sp³-hybridized carbons (Fsp3) is 0.172. The second kappa shape index (κ2) is 10.9. The van der Waals surface area contributed by atoms with Gasteiger partial charge in [0.2, 0.25) is 9.84 Å². The van der Waals surface area contributed by atoms with Crippen molar-refractivity contribution in [1.29, 1.82) is 0 Å². The monoisotopic (exact) mass is 604 g/mol. The van der Waals surface area contributed by atoms with Gasteiger partial charge in [0.05, 0.1) is 34.2 Å². The van der Waals surface area contributed by atoms with Gasteiger partial charge in [0.15, 0.2) is 0 Å². The first-order valence-corrected chi connectivity index (χ1v) is 15.2. The van der Waals surface area contributed by atoms with Crippen molar-refractivity contribution >= 4 is 44.8 Å². The van der Waals surface area contributed by atoms with Crippen LogP contribution in [0.5, 0.6) is 5.75 Å². The van der Waals surface area contributed by atoms with Gasteiger partial charge >= 0.3 is 6.09 Å². The van der Waals surface area contributed by atoms with Crippen LogP contribution in [0.1, 0.15) is 25.6 Å². The Balaban J connectivity index is 1.07. The van der Waals surface area contributed by atoms with Crippen LogP contribution in [0, 0.1) is 5.92 Å². The number of amides is 3. The van der Waals surface area contributed by atoms with Gasteiger partial charge < -0.3 is 25.4 Å². The second-order valence-electron chi connectivity index (χ2n) is 9.87. The third-order valence-electron chi connectivity index (χ3n) is 6.99. The van der Waals surface area contributed by atoms with Crippen LogP contribution in [0.2, 0.25) is 0 Å². The first kappa shape index (κ1) is 27.4. The van der Waals surface area contributed by atoms with Gasteiger partial charge in [-0.15, -0.1) is 11.3 Å². The molecule has 2 aliphatic heterocycles. The van der Waals surface area contributed by atoms with E-state index in [9.17, 15) is 22.8 Å². The Kier molecular flexibility index (Phi) is 7.12. The van der Waals surface area contributed by atoms with Crippen molar-refractivity contribution in [3.63, 3.8) is 0 Å². The number of benzene rings is 3. The van der Waals surface area contributed by atoms with Gasteiger partial charge in [-0.25, -0.2) is 18.2 Å². The molecule has 0 spiro atoms. The maximum atomic E-state index is 13.2. The van der Waals surface area contributed by atoms with E-state index in [1.807, 2.05) is 24.3 Å². The number of anilines is 1. The summed E-state index contributed by atoms with van der Waals surface area (Å²) in [5.41, 5.74) is 1.18. The van der Waals surface area contributed by atoms with E-state index in [1.165, 1.54) is 46.6 Å². The summed E-state index contributed by atoms with van der Waals surface area (Å²) in [6, 6.07) is 17.5. The fourth-order valence-corrected chi connectivity index (χ4v) is 7.18. The van der Waals surface area contributed by atoms with Gasteiger partial charge in [0.25, 0.3) is 11.8 Å². The molecular weight excluding hydrogens is 580 g/mol. The van der Waals surface area contributed by atoms with Crippen molar-refractivity contribution in [2.45, 2.75) is 16.3 Å². The smallest absolute Gasteiger partial charge is 0.407 e. The summed E-state index contributed by atoms with van der Waals surface area (Å²) in [4.78, 5) is 42.9. The van der Waals surface area contributed by atoms with Gasteiger partial charge in [-0.2, -0.15) is 0 Å². The molecular formula is C29H24N4O7S2. The van der Waals surface area contributed by atoms with Crippen LogP contribution in [-0.2, 0) is 16.4 Å². The van der Waals surface area contributed by atoms with E-state index in [0.29, 0.717) is 25.4 Å². The van der Waals surface area contributed by atoms with Crippen LogP contribution in [0.3, 0.4) is 0 Å². The molecule has 214 valence electrons. The standard InChI is InChI=1S/C29H24N4O7S2/c34-26(19-7-10-25-23(11-19)32-27(35)22-3-1-2-4-24(22)42(25,38)39)30-12-21-13-31-28(41-21)18-5-8-20(9-6-18)40-16-17-14-33(15-17)29(36)37/h1-11,13,17H,12,14-16H2,(H,30,34)(H,32,35)(H,36,37). The highest BCUT2D eigenvalue weighted by Gasteiger charge is 2.32. The van der Waals surface area contributed by atoms with E-state index in [4.69, 9.17) is 9.84 Å². The van der Waals surface area contributed by atoms with Crippen molar-refractivity contribution in [2.75, 3.05) is 25.0 Å². The summed E-state index contributed by atoms with van der Waals surface area (Å²) >= 11 is 1.42. The summed E-state index contributed by atoms with van der Waals surface area (Å²) in [7, 11) is -3.96. The van der Waals surface area contributed by atoms with Crippen LogP contribution < -0.4 is 15.4 Å². The number of thiazole rings is 1. The van der Waals surface area contributed by atoms with Crippen molar-refractivity contribution in [2.24, 2.45) is 5.92 Å². The van der Waals surface area contributed by atoms with Crippen molar-refractivity contribution in [3.8, 4) is 16.3 Å². The number of ether oxygens (including phenoxy) is 1. The Morgan fingerprint density at radius 1 is 1.07 bits per heavy atom. The third kappa shape index (κ3) is 5.31. The Hall–Kier alpha value is -4.75. The molecule has 1 aromatic heterocycles. The Morgan fingerprint density at radius 3 is 2.60 bits per heavy atom. The molecule has 13 heteroatoms. The average Bonchev–Trinajstić information content (AvgIpc) is 3.41. The van der Waals surface area contributed by atoms with Crippen molar-refractivity contribution in [1.82, 2.24) is 15.2 Å². The van der Waals surface area contributed by atoms with E-state index in [-0.39, 0.29) is 39.1 Å². The molecule has 3 N–H and O–H groups in total. The predicted octanol–water partition coefficient (Wildman–Crippen LogP) is 4.13. The number of hydrogen-bond donors (Lipinski definition) is 3. The highest BCUT2D eigenvalue weighted by molar-refractivity contribution is 7.91. The van der Waals surface area contributed by atoms with E-state index in [2.05, 4.69) is 15.6 Å². The largest absolute Gasteiger partial charge is 0.493 e. The first-order valence-electron chi connectivity index (χ1n) is 12.9. The highest BCUT2D eigenvalue weighted by Crippen LogP contribution is 2.34. The summed E-state index contributed by atoms with van der Waals surface area (Å²) in [6.45, 7) is 1.61. The normalized spacial score (nSPS) is 15.4. The van der Waals surface area contributed by atoms with Crippen molar-refractivity contribution in [3.05, 3.63) is 88.9 Å². The zero-order valence-corrected chi connectivity index (χ0v) is 23.6. The predicted molar refractivity (Wildman–Crippen MR) is 154 cm³/mol. The number of fused-ring (bicyclic) bond motifs is 2. The molecule has 0 aliphatic carbocycles. The molecule has 0 saturated carbocycles. The quantitative estimate of drug-likeness (QED) is 0.285. The Labute approximate surface area is 244 Å². The van der Waals surface area contributed by atoms with Crippen LogP contribution in [0.25, 0.3) is 10.6 Å². The molecule has 0 bridgehead atoms. The van der Waals surface area contributed by atoms with Gasteiger partial charge in [0, 0.05) is 41.2 Å². The van der Waals surface area contributed by atoms with E-state index < -0.39 is 27.7 Å². The van der Waals surface area contributed by atoms with E-state index in [1.54, 1.807) is 18.3 Å². The number of carbonyl (C=O) groups is 3. The molecule has 42 heavy (non-hydrogen) atoms. The molecule has 11 nitrogen and oxygen atoms in total. The maximum Gasteiger partial charge on any atom is 0.407 e. The molecule has 0 atom stereocenters. The minimum Gasteiger partial charge on any atom is -0.493 e. The lowest BCUT2D eigenvalue weighted by molar-refractivity contribution is 0.0585. The van der Waals surface area contributed by atoms with Crippen LogP contribution in [0.15, 0.2) is 82.7 Å². The molecule has 0 radical (unpaired) electrons. The molecule has 1 fully saturated rings. The lowest BCUT2D eigenvalue weighted by Crippen LogP contribution is -2.51. The summed E-state index contributed by atoms with van der Waals surface area (Å²) < 4.78 is 32.1. The molecule has 3 amide bonds. The lowest BCUT2D eigenvalue weighted by Gasteiger charge is -2.36. The second-order valence-corrected chi connectivity index (χ2v) is 12.9. The molecule has 1 saturated heterocycles. The van der Waals surface area contributed by atoms with Gasteiger partial charge in [-0.05, 0) is 54.6 Å². The van der Waals surface area contributed by atoms with E-state index in [0.717, 1.165) is 15.4 Å². The average molecular weight is 605 g/mol. The third-order valence-corrected chi connectivity index (χ3v) is 9.91. The first-order chi connectivity index (χ1) is 20.2. The number of sulfone groups is 1. The zero-order valence-electron chi connectivity index (χ0n) is 21.9.